The van der Waals surface area contributed by atoms with Gasteiger partial charge in [0.2, 0.25) is 0 Å². The Balaban J connectivity index is 2.32. The van der Waals surface area contributed by atoms with Gasteiger partial charge in [0.1, 0.15) is 5.84 Å². The predicted molar refractivity (Wildman–Crippen MR) is 89.5 cm³/mol. The highest BCUT2D eigenvalue weighted by molar-refractivity contribution is 9.11. The normalized spacial score (nSPS) is 14.0. The zero-order chi connectivity index (χ0) is 15.4. The molecule has 0 fully saturated rings. The van der Waals surface area contributed by atoms with E-state index in [-0.39, 0.29) is 5.91 Å². The topological polar surface area (TPSA) is 67.9 Å². The maximum absolute atomic E-state index is 12.6. The van der Waals surface area contributed by atoms with E-state index in [2.05, 4.69) is 20.9 Å². The number of carbonyl (C=O) groups is 1. The largest absolute Gasteiger partial charge is 0.387 e. The van der Waals surface area contributed by atoms with Gasteiger partial charge in [-0.1, -0.05) is 6.92 Å². The summed E-state index contributed by atoms with van der Waals surface area (Å²) in [4.78, 5) is 23.3. The van der Waals surface area contributed by atoms with Crippen molar-refractivity contribution in [2.24, 2.45) is 10.7 Å². The van der Waals surface area contributed by atoms with Crippen LogP contribution in [-0.2, 0) is 9.63 Å². The Labute approximate surface area is 136 Å². The third-order valence-corrected chi connectivity index (χ3v) is 4.44. The molecule has 0 aromatic carbocycles. The lowest BCUT2D eigenvalue weighted by Gasteiger charge is -2.21. The summed E-state index contributed by atoms with van der Waals surface area (Å²) >= 11 is 4.96. The number of nitrogens with two attached hydrogens (primary N) is 1. The zero-order valence-corrected chi connectivity index (χ0v) is 14.5. The molecule has 0 saturated carbocycles. The minimum absolute atomic E-state index is 0.144. The molecule has 0 radical (unpaired) electrons. The molecule has 1 aliphatic heterocycles. The average molecular weight is 372 g/mol. The first kappa shape index (κ1) is 16.2. The van der Waals surface area contributed by atoms with Gasteiger partial charge in [-0.05, 0) is 41.4 Å². The Morgan fingerprint density at radius 1 is 1.57 bits per heavy atom. The van der Waals surface area contributed by atoms with Crippen LogP contribution < -0.4 is 5.73 Å². The van der Waals surface area contributed by atoms with Gasteiger partial charge in [-0.15, -0.1) is 11.3 Å². The highest BCUT2D eigenvalue weighted by Crippen LogP contribution is 2.37. The number of amides is 1. The molecule has 0 aliphatic carbocycles. The van der Waals surface area contributed by atoms with Gasteiger partial charge in [-0.2, -0.15) is 0 Å². The predicted octanol–water partition coefficient (Wildman–Crippen LogP) is 3.48. The molecule has 2 rings (SSSR count). The van der Waals surface area contributed by atoms with E-state index in [1.54, 1.807) is 0 Å². The first-order chi connectivity index (χ1) is 10.0. The van der Waals surface area contributed by atoms with Crippen molar-refractivity contribution < 1.29 is 9.63 Å². The third-order valence-electron chi connectivity index (χ3n) is 2.86. The number of halogens is 1. The molecule has 1 aromatic heterocycles. The number of nitrogens with zero attached hydrogens (tertiary/aromatic N) is 2. The summed E-state index contributed by atoms with van der Waals surface area (Å²) in [5.74, 6) is 0.292. The highest BCUT2D eigenvalue weighted by atomic mass is 79.9. The molecule has 0 saturated heterocycles. The molecule has 114 valence electrons. The number of carbonyl (C=O) groups excluding carboxylic acids is 1. The van der Waals surface area contributed by atoms with Crippen LogP contribution in [0, 0.1) is 0 Å². The molecule has 0 unspecified atom stereocenters. The van der Waals surface area contributed by atoms with Crippen molar-refractivity contribution in [3.8, 4) is 0 Å². The van der Waals surface area contributed by atoms with Crippen molar-refractivity contribution in [3.05, 3.63) is 20.3 Å². The highest BCUT2D eigenvalue weighted by Gasteiger charge is 2.22. The fourth-order valence-corrected chi connectivity index (χ4v) is 3.57. The summed E-state index contributed by atoms with van der Waals surface area (Å²) in [5, 5.41) is 1.41. The Morgan fingerprint density at radius 2 is 2.33 bits per heavy atom. The molecule has 1 aliphatic rings. The van der Waals surface area contributed by atoms with Crippen molar-refractivity contribution in [1.82, 2.24) is 5.06 Å². The lowest BCUT2D eigenvalue weighted by atomic mass is 10.1. The maximum atomic E-state index is 12.6. The average Bonchev–Trinajstić information content (AvgIpc) is 2.68. The molecule has 2 N–H and O–H groups in total. The van der Waals surface area contributed by atoms with E-state index in [4.69, 9.17) is 10.6 Å². The van der Waals surface area contributed by atoms with Gasteiger partial charge in [0.05, 0.1) is 21.0 Å². The number of hydrogen-bond donors (Lipinski definition) is 1. The minimum atomic E-state index is -0.144. The molecule has 21 heavy (non-hydrogen) atoms. The van der Waals surface area contributed by atoms with Crippen LogP contribution >= 0.6 is 27.3 Å². The monoisotopic (exact) mass is 371 g/mol. The van der Waals surface area contributed by atoms with Crippen LogP contribution in [-0.4, -0.2) is 30.0 Å². The van der Waals surface area contributed by atoms with Gasteiger partial charge in [0, 0.05) is 18.5 Å². The SMILES string of the molecule is CCCN(OCC)C(=O)C1=Cc2sc(Br)cc2N=C(N)C1. The number of thiophene rings is 1. The van der Waals surface area contributed by atoms with Gasteiger partial charge in [-0.3, -0.25) is 9.63 Å². The van der Waals surface area contributed by atoms with Crippen molar-refractivity contribution in [3.63, 3.8) is 0 Å². The number of hydroxylamine groups is 2. The quantitative estimate of drug-likeness (QED) is 0.805. The van der Waals surface area contributed by atoms with Crippen LogP contribution in [0.3, 0.4) is 0 Å². The van der Waals surface area contributed by atoms with Gasteiger partial charge in [-0.25, -0.2) is 10.1 Å². The molecule has 2 heterocycles. The third kappa shape index (κ3) is 3.93. The molecule has 1 aromatic rings. The lowest BCUT2D eigenvalue weighted by molar-refractivity contribution is -0.180. The van der Waals surface area contributed by atoms with E-state index in [1.165, 1.54) is 16.4 Å². The minimum Gasteiger partial charge on any atom is -0.387 e. The lowest BCUT2D eigenvalue weighted by Crippen LogP contribution is -2.34. The van der Waals surface area contributed by atoms with E-state index in [0.717, 1.165) is 20.8 Å². The fraction of sp³-hybridized carbons (Fsp3) is 0.429. The number of fused-ring (bicyclic) bond motifs is 1. The summed E-state index contributed by atoms with van der Waals surface area (Å²) < 4.78 is 0.962. The maximum Gasteiger partial charge on any atom is 0.273 e. The molecule has 7 heteroatoms. The van der Waals surface area contributed by atoms with Gasteiger partial charge in [0.15, 0.2) is 0 Å². The second kappa shape index (κ2) is 7.20. The van der Waals surface area contributed by atoms with Crippen molar-refractivity contribution in [1.29, 1.82) is 0 Å². The first-order valence-electron chi connectivity index (χ1n) is 6.82. The Bertz CT molecular complexity index is 589. The Kier molecular flexibility index (Phi) is 5.55. The van der Waals surface area contributed by atoms with Crippen LogP contribution in [0.25, 0.3) is 6.08 Å². The van der Waals surface area contributed by atoms with Gasteiger partial charge in [0.25, 0.3) is 5.91 Å². The zero-order valence-electron chi connectivity index (χ0n) is 12.1. The van der Waals surface area contributed by atoms with E-state index in [0.29, 0.717) is 31.0 Å². The van der Waals surface area contributed by atoms with Gasteiger partial charge >= 0.3 is 0 Å². The Morgan fingerprint density at radius 3 is 3.00 bits per heavy atom. The molecule has 0 bridgehead atoms. The number of hydrogen-bond acceptors (Lipinski definition) is 5. The summed E-state index contributed by atoms with van der Waals surface area (Å²) in [7, 11) is 0. The number of aliphatic imine (C=N–C) groups is 1. The smallest absolute Gasteiger partial charge is 0.273 e. The summed E-state index contributed by atoms with van der Waals surface area (Å²) in [6.07, 6.45) is 3.03. The summed E-state index contributed by atoms with van der Waals surface area (Å²) in [6, 6.07) is 1.91. The molecule has 1 amide bonds. The van der Waals surface area contributed by atoms with Crippen LogP contribution in [0.4, 0.5) is 5.69 Å². The van der Waals surface area contributed by atoms with Gasteiger partial charge < -0.3 is 5.73 Å². The molecule has 0 atom stereocenters. The first-order valence-corrected chi connectivity index (χ1v) is 8.43. The second-order valence-electron chi connectivity index (χ2n) is 4.57. The fourth-order valence-electron chi connectivity index (χ4n) is 2.04. The van der Waals surface area contributed by atoms with E-state index < -0.39 is 0 Å². The van der Waals surface area contributed by atoms with E-state index in [9.17, 15) is 4.79 Å². The molecular formula is C14H18BrN3O2S. The van der Waals surface area contributed by atoms with Crippen LogP contribution in [0.5, 0.6) is 0 Å². The number of rotatable bonds is 5. The van der Waals surface area contributed by atoms with Crippen LogP contribution in [0.1, 0.15) is 31.6 Å². The standard InChI is InChI=1S/C14H18BrN3O2S/c1-3-5-18(20-4-2)14(19)9-6-11-10(8-12(15)21-11)17-13(16)7-9/h6,8H,3-5,7H2,1-2H3,(H2,16,17). The van der Waals surface area contributed by atoms with E-state index >= 15 is 0 Å². The summed E-state index contributed by atoms with van der Waals surface area (Å²) in [6.45, 7) is 4.88. The summed E-state index contributed by atoms with van der Waals surface area (Å²) in [5.41, 5.74) is 7.32. The van der Waals surface area contributed by atoms with Crippen molar-refractivity contribution in [2.75, 3.05) is 13.2 Å². The van der Waals surface area contributed by atoms with Crippen molar-refractivity contribution in [2.45, 2.75) is 26.7 Å². The number of amidine groups is 1. The second-order valence-corrected chi connectivity index (χ2v) is 7.04. The van der Waals surface area contributed by atoms with Crippen LogP contribution in [0.2, 0.25) is 0 Å². The van der Waals surface area contributed by atoms with Crippen molar-refractivity contribution >= 4 is 50.8 Å². The molecule has 5 nitrogen and oxygen atoms in total. The molecular weight excluding hydrogens is 354 g/mol. The van der Waals surface area contributed by atoms with Crippen LogP contribution in [0.15, 0.2) is 20.4 Å². The van der Waals surface area contributed by atoms with E-state index in [1.807, 2.05) is 26.0 Å². The Hall–Kier alpha value is -1.18. The molecule has 0 spiro atoms.